The minimum Gasteiger partial charge on any atom is -0.493 e. The van der Waals surface area contributed by atoms with Gasteiger partial charge in [-0.05, 0) is 82.3 Å². The van der Waals surface area contributed by atoms with Crippen LogP contribution >= 0.6 is 0 Å². The summed E-state index contributed by atoms with van der Waals surface area (Å²) in [7, 11) is 6.37. The van der Waals surface area contributed by atoms with E-state index >= 15 is 0 Å². The van der Waals surface area contributed by atoms with Gasteiger partial charge in [-0.25, -0.2) is 9.98 Å². The SMILES string of the molecule is COc1ccc(/C=C2\N=C(c3ccc(C(C)(C)C)cc3)N(CCCCCCN3C(=O)/C(=C\c4ccc(OC)c(OC)c4)N=C3c3ccc(C(C)(C)C)cc3)C2=O)cc1OC. The van der Waals surface area contributed by atoms with Gasteiger partial charge < -0.3 is 18.9 Å². The second-order valence-electron chi connectivity index (χ2n) is 17.1. The lowest BCUT2D eigenvalue weighted by Crippen LogP contribution is -2.34. The Hall–Kier alpha value is -6.16. The molecule has 4 aromatic rings. The highest BCUT2D eigenvalue weighted by Gasteiger charge is 2.33. The Morgan fingerprint density at radius 2 is 0.833 bits per heavy atom. The maximum Gasteiger partial charge on any atom is 0.278 e. The maximum atomic E-state index is 14.0. The molecule has 2 amide bonds. The molecule has 0 aromatic heterocycles. The number of aliphatic imine (C=N–C) groups is 2. The van der Waals surface area contributed by atoms with Crippen molar-refractivity contribution >= 4 is 35.6 Å². The van der Waals surface area contributed by atoms with Gasteiger partial charge in [0.05, 0.1) is 28.4 Å². The quantitative estimate of drug-likeness (QED) is 0.0876. The molecule has 0 saturated carbocycles. The van der Waals surface area contributed by atoms with E-state index in [2.05, 4.69) is 90.1 Å². The first-order chi connectivity index (χ1) is 28.6. The van der Waals surface area contributed by atoms with Crippen LogP contribution in [0.5, 0.6) is 23.0 Å². The molecule has 0 saturated heterocycles. The number of carbonyl (C=O) groups is 2. The van der Waals surface area contributed by atoms with E-state index in [-0.39, 0.29) is 22.6 Å². The van der Waals surface area contributed by atoms with Crippen LogP contribution in [0.4, 0.5) is 0 Å². The lowest BCUT2D eigenvalue weighted by molar-refractivity contribution is -0.123. The van der Waals surface area contributed by atoms with Gasteiger partial charge in [-0.3, -0.25) is 19.4 Å². The molecule has 0 fully saturated rings. The first-order valence-electron chi connectivity index (χ1n) is 20.6. The summed E-state index contributed by atoms with van der Waals surface area (Å²) in [6.45, 7) is 14.1. The van der Waals surface area contributed by atoms with Crippen molar-refractivity contribution in [3.05, 3.63) is 130 Å². The number of amidine groups is 2. The van der Waals surface area contributed by atoms with Gasteiger partial charge in [0, 0.05) is 24.2 Å². The predicted octanol–water partition coefficient (Wildman–Crippen LogP) is 9.84. The zero-order chi connectivity index (χ0) is 43.2. The third-order valence-corrected chi connectivity index (χ3v) is 10.8. The number of benzene rings is 4. The fraction of sp³-hybridized carbons (Fsp3) is 0.360. The number of carbonyl (C=O) groups excluding carboxylic acids is 2. The lowest BCUT2D eigenvalue weighted by Gasteiger charge is -2.22. The van der Waals surface area contributed by atoms with Crippen molar-refractivity contribution in [1.29, 1.82) is 0 Å². The predicted molar refractivity (Wildman–Crippen MR) is 240 cm³/mol. The molecule has 0 N–H and O–H groups in total. The average Bonchev–Trinajstić information content (AvgIpc) is 3.71. The van der Waals surface area contributed by atoms with Crippen LogP contribution in [0.1, 0.15) is 101 Å². The fourth-order valence-corrected chi connectivity index (χ4v) is 7.29. The van der Waals surface area contributed by atoms with E-state index in [1.165, 1.54) is 11.1 Å². The number of nitrogens with zero attached hydrogens (tertiary/aromatic N) is 4. The number of methoxy groups -OCH3 is 4. The van der Waals surface area contributed by atoms with E-state index < -0.39 is 0 Å². The fourth-order valence-electron chi connectivity index (χ4n) is 7.29. The monoisotopic (exact) mass is 810 g/mol. The van der Waals surface area contributed by atoms with Gasteiger partial charge >= 0.3 is 0 Å². The standard InChI is InChI=1S/C50H58N4O6/c1-49(2,3)37-21-17-35(18-22-37)45-51-39(29-33-15-25-41(57-7)43(31-33)59-9)47(55)53(45)27-13-11-12-14-28-54-46(36-19-23-38(24-20-36)50(4,5)6)52-40(48(54)56)30-34-16-26-42(58-8)44(32-34)60-10/h15-26,29-32H,11-14,27-28H2,1-10H3/b39-29-,40-30+. The summed E-state index contributed by atoms with van der Waals surface area (Å²) in [6.07, 6.45) is 6.84. The minimum absolute atomic E-state index is 0.00424. The van der Waals surface area contributed by atoms with Gasteiger partial charge in [0.2, 0.25) is 0 Å². The average molecular weight is 811 g/mol. The molecular weight excluding hydrogens is 753 g/mol. The van der Waals surface area contributed by atoms with Crippen molar-refractivity contribution in [2.75, 3.05) is 41.5 Å². The zero-order valence-corrected chi connectivity index (χ0v) is 36.7. The molecule has 10 nitrogen and oxygen atoms in total. The van der Waals surface area contributed by atoms with Crippen LogP contribution in [-0.4, -0.2) is 74.8 Å². The number of hydrogen-bond donors (Lipinski definition) is 0. The first kappa shape index (κ1) is 43.4. The molecule has 0 spiro atoms. The van der Waals surface area contributed by atoms with Crippen LogP contribution in [0, 0.1) is 0 Å². The Bertz CT molecular complexity index is 2160. The van der Waals surface area contributed by atoms with Crippen molar-refractivity contribution in [2.45, 2.75) is 78.1 Å². The van der Waals surface area contributed by atoms with Gasteiger partial charge in [-0.1, -0.05) is 115 Å². The number of unbranched alkanes of at least 4 members (excludes halogenated alkanes) is 3. The molecule has 314 valence electrons. The number of hydrogen-bond acceptors (Lipinski definition) is 8. The number of amides is 2. The summed E-state index contributed by atoms with van der Waals surface area (Å²) in [4.78, 5) is 41.4. The van der Waals surface area contributed by atoms with Crippen molar-refractivity contribution < 1.29 is 28.5 Å². The molecule has 6 rings (SSSR count). The highest BCUT2D eigenvalue weighted by molar-refractivity contribution is 6.20. The van der Waals surface area contributed by atoms with Crippen LogP contribution in [0.25, 0.3) is 12.2 Å². The van der Waals surface area contributed by atoms with Crippen LogP contribution in [0.2, 0.25) is 0 Å². The largest absolute Gasteiger partial charge is 0.493 e. The van der Waals surface area contributed by atoms with E-state index in [0.717, 1.165) is 47.9 Å². The van der Waals surface area contributed by atoms with Gasteiger partial charge in [0.25, 0.3) is 11.8 Å². The van der Waals surface area contributed by atoms with E-state index in [1.807, 2.05) is 36.4 Å². The number of ether oxygens (including phenoxy) is 4. The van der Waals surface area contributed by atoms with Gasteiger partial charge in [-0.2, -0.15) is 0 Å². The minimum atomic E-state index is -0.144. The molecule has 0 bridgehead atoms. The molecule has 2 heterocycles. The molecule has 2 aliphatic rings. The normalized spacial score (nSPS) is 15.8. The molecule has 10 heteroatoms. The summed E-state index contributed by atoms with van der Waals surface area (Å²) >= 11 is 0. The molecule has 60 heavy (non-hydrogen) atoms. The van der Waals surface area contributed by atoms with Gasteiger partial charge in [0.15, 0.2) is 23.0 Å². The molecule has 2 aliphatic heterocycles. The van der Waals surface area contributed by atoms with Crippen LogP contribution in [0.3, 0.4) is 0 Å². The topological polar surface area (TPSA) is 102 Å². The van der Waals surface area contributed by atoms with E-state index in [4.69, 9.17) is 28.9 Å². The summed E-state index contributed by atoms with van der Waals surface area (Å²) < 4.78 is 21.8. The Kier molecular flexibility index (Phi) is 13.3. The van der Waals surface area contributed by atoms with Crippen molar-refractivity contribution in [1.82, 2.24) is 9.80 Å². The van der Waals surface area contributed by atoms with Crippen molar-refractivity contribution in [2.24, 2.45) is 9.98 Å². The third-order valence-electron chi connectivity index (χ3n) is 10.8. The third kappa shape index (κ3) is 9.82. The van der Waals surface area contributed by atoms with Crippen molar-refractivity contribution in [3.8, 4) is 23.0 Å². The Balaban J connectivity index is 1.16. The molecular formula is C50H58N4O6. The smallest absolute Gasteiger partial charge is 0.278 e. The summed E-state index contributed by atoms with van der Waals surface area (Å²) in [6, 6.07) is 27.7. The second kappa shape index (κ2) is 18.4. The highest BCUT2D eigenvalue weighted by Crippen LogP contribution is 2.33. The first-order valence-corrected chi connectivity index (χ1v) is 20.6. The van der Waals surface area contributed by atoms with Crippen molar-refractivity contribution in [3.63, 3.8) is 0 Å². The summed E-state index contributed by atoms with van der Waals surface area (Å²) in [5, 5.41) is 0. The Morgan fingerprint density at radius 1 is 0.483 bits per heavy atom. The van der Waals surface area contributed by atoms with E-state index in [1.54, 1.807) is 50.4 Å². The molecule has 0 unspecified atom stereocenters. The summed E-state index contributed by atoms with van der Waals surface area (Å²) in [5.41, 5.74) is 6.49. The summed E-state index contributed by atoms with van der Waals surface area (Å²) in [5.74, 6) is 3.37. The molecule has 0 radical (unpaired) electrons. The second-order valence-corrected chi connectivity index (χ2v) is 17.1. The zero-order valence-electron chi connectivity index (χ0n) is 36.7. The van der Waals surface area contributed by atoms with E-state index in [9.17, 15) is 9.59 Å². The maximum absolute atomic E-state index is 14.0. The Labute approximate surface area is 355 Å². The molecule has 0 atom stereocenters. The Morgan fingerprint density at radius 3 is 1.15 bits per heavy atom. The van der Waals surface area contributed by atoms with Crippen LogP contribution in [0.15, 0.2) is 106 Å². The lowest BCUT2D eigenvalue weighted by atomic mass is 9.86. The van der Waals surface area contributed by atoms with Crippen LogP contribution < -0.4 is 18.9 Å². The van der Waals surface area contributed by atoms with Crippen LogP contribution in [-0.2, 0) is 20.4 Å². The number of rotatable bonds is 15. The molecule has 4 aromatic carbocycles. The van der Waals surface area contributed by atoms with E-state index in [0.29, 0.717) is 59.2 Å². The molecule has 0 aliphatic carbocycles. The van der Waals surface area contributed by atoms with Gasteiger partial charge in [0.1, 0.15) is 23.1 Å². The van der Waals surface area contributed by atoms with Gasteiger partial charge in [-0.15, -0.1) is 0 Å². The highest BCUT2D eigenvalue weighted by atomic mass is 16.5.